The number of halogens is 3. The third kappa shape index (κ3) is 3.81. The molecule has 0 radical (unpaired) electrons. The molecule has 2 aromatic heterocycles. The second kappa shape index (κ2) is 7.42. The molecule has 0 fully saturated rings. The fourth-order valence-electron chi connectivity index (χ4n) is 3.21. The zero-order chi connectivity index (χ0) is 21.4. The Kier molecular flexibility index (Phi) is 4.57. The quantitative estimate of drug-likeness (QED) is 0.519. The minimum atomic E-state index is -4.72. The van der Waals surface area contributed by atoms with Crippen LogP contribution in [0.5, 0.6) is 11.5 Å². The van der Waals surface area contributed by atoms with Crippen molar-refractivity contribution in [2.45, 2.75) is 19.3 Å². The first-order chi connectivity index (χ1) is 15.0. The SMILES string of the molecule is FC(F)(F)c1nc(NCc2ccc3c(c2)OCO3)c2nnn(Cc3ccccc3)c2n1. The van der Waals surface area contributed by atoms with Crippen LogP contribution in [0.4, 0.5) is 19.0 Å². The molecule has 1 aliphatic rings. The summed E-state index contributed by atoms with van der Waals surface area (Å²) in [5.41, 5.74) is 1.79. The van der Waals surface area contributed by atoms with Gasteiger partial charge in [-0.3, -0.25) is 0 Å². The molecular weight excluding hydrogens is 413 g/mol. The van der Waals surface area contributed by atoms with Crippen LogP contribution >= 0.6 is 0 Å². The van der Waals surface area contributed by atoms with Gasteiger partial charge in [0.25, 0.3) is 0 Å². The van der Waals surface area contributed by atoms with Crippen LogP contribution in [0, 0.1) is 0 Å². The molecule has 11 heteroatoms. The Morgan fingerprint density at radius 2 is 1.77 bits per heavy atom. The topological polar surface area (TPSA) is 87.0 Å². The van der Waals surface area contributed by atoms with Gasteiger partial charge in [0.2, 0.25) is 12.6 Å². The van der Waals surface area contributed by atoms with Crippen molar-refractivity contribution in [3.05, 3.63) is 65.5 Å². The maximum Gasteiger partial charge on any atom is 0.451 e. The molecule has 0 bridgehead atoms. The van der Waals surface area contributed by atoms with Crippen LogP contribution in [0.25, 0.3) is 11.2 Å². The van der Waals surface area contributed by atoms with Gasteiger partial charge in [-0.2, -0.15) is 13.2 Å². The maximum absolute atomic E-state index is 13.4. The minimum absolute atomic E-state index is 0.000588. The number of rotatable bonds is 5. The van der Waals surface area contributed by atoms with E-state index in [0.29, 0.717) is 11.5 Å². The van der Waals surface area contributed by atoms with Gasteiger partial charge in [-0.05, 0) is 23.3 Å². The van der Waals surface area contributed by atoms with Crippen molar-refractivity contribution in [2.75, 3.05) is 12.1 Å². The van der Waals surface area contributed by atoms with Crippen LogP contribution in [-0.2, 0) is 19.3 Å². The summed E-state index contributed by atoms with van der Waals surface area (Å²) in [6.45, 7) is 0.567. The standard InChI is InChI=1S/C20H15F3N6O2/c21-20(22,23)19-25-17(24-9-13-6-7-14-15(8-13)31-11-30-14)16-18(26-19)29(28-27-16)10-12-4-2-1-3-5-12/h1-8H,9-11H2,(H,24,25,26). The number of hydrogen-bond donors (Lipinski definition) is 1. The summed E-state index contributed by atoms with van der Waals surface area (Å²) in [4.78, 5) is 7.35. The molecule has 0 saturated heterocycles. The third-order valence-corrected chi connectivity index (χ3v) is 4.69. The van der Waals surface area contributed by atoms with Gasteiger partial charge in [-0.15, -0.1) is 5.10 Å². The van der Waals surface area contributed by atoms with Crippen LogP contribution in [-0.4, -0.2) is 31.8 Å². The van der Waals surface area contributed by atoms with Gasteiger partial charge in [0.1, 0.15) is 0 Å². The molecule has 0 spiro atoms. The molecule has 0 atom stereocenters. The fourth-order valence-corrected chi connectivity index (χ4v) is 3.21. The Morgan fingerprint density at radius 3 is 2.58 bits per heavy atom. The minimum Gasteiger partial charge on any atom is -0.454 e. The first kappa shape index (κ1) is 19.1. The highest BCUT2D eigenvalue weighted by molar-refractivity contribution is 5.82. The third-order valence-electron chi connectivity index (χ3n) is 4.69. The smallest absolute Gasteiger partial charge is 0.451 e. The van der Waals surface area contributed by atoms with Crippen molar-refractivity contribution in [1.82, 2.24) is 25.0 Å². The second-order valence-electron chi connectivity index (χ2n) is 6.84. The Bertz CT molecular complexity index is 1240. The summed E-state index contributed by atoms with van der Waals surface area (Å²) in [5.74, 6) is -0.104. The lowest BCUT2D eigenvalue weighted by Crippen LogP contribution is -2.15. The number of fused-ring (bicyclic) bond motifs is 2. The second-order valence-corrected chi connectivity index (χ2v) is 6.84. The number of ether oxygens (including phenoxy) is 2. The summed E-state index contributed by atoms with van der Waals surface area (Å²) < 4.78 is 52.3. The molecular formula is C20H15F3N6O2. The molecule has 158 valence electrons. The highest BCUT2D eigenvalue weighted by Crippen LogP contribution is 2.33. The van der Waals surface area contributed by atoms with Crippen LogP contribution in [0.2, 0.25) is 0 Å². The lowest BCUT2D eigenvalue weighted by atomic mass is 10.2. The number of anilines is 1. The molecule has 8 nitrogen and oxygen atoms in total. The molecule has 31 heavy (non-hydrogen) atoms. The number of hydrogen-bond acceptors (Lipinski definition) is 7. The van der Waals surface area contributed by atoms with Gasteiger partial charge in [0.05, 0.1) is 6.54 Å². The van der Waals surface area contributed by atoms with E-state index in [0.717, 1.165) is 11.1 Å². The fraction of sp³-hybridized carbons (Fsp3) is 0.200. The summed E-state index contributed by atoms with van der Waals surface area (Å²) in [6.07, 6.45) is -4.72. The predicted octanol–water partition coefficient (Wildman–Crippen LogP) is 3.63. The Morgan fingerprint density at radius 1 is 0.968 bits per heavy atom. The summed E-state index contributed by atoms with van der Waals surface area (Å²) in [6, 6.07) is 14.5. The first-order valence-electron chi connectivity index (χ1n) is 9.32. The molecule has 0 aliphatic carbocycles. The molecule has 0 amide bonds. The summed E-state index contributed by atoms with van der Waals surface area (Å²) in [7, 11) is 0. The van der Waals surface area contributed by atoms with Crippen molar-refractivity contribution < 1.29 is 22.6 Å². The zero-order valence-electron chi connectivity index (χ0n) is 15.9. The molecule has 5 rings (SSSR count). The van der Waals surface area contributed by atoms with Crippen molar-refractivity contribution in [1.29, 1.82) is 0 Å². The monoisotopic (exact) mass is 428 g/mol. The normalized spacial score (nSPS) is 13.0. The summed E-state index contributed by atoms with van der Waals surface area (Å²) >= 11 is 0. The van der Waals surface area contributed by atoms with E-state index in [9.17, 15) is 13.2 Å². The predicted molar refractivity (Wildman–Crippen MR) is 104 cm³/mol. The average Bonchev–Trinajstić information content (AvgIpc) is 3.39. The van der Waals surface area contributed by atoms with E-state index < -0.39 is 12.0 Å². The Hall–Kier alpha value is -3.89. The van der Waals surface area contributed by atoms with E-state index in [1.807, 2.05) is 30.3 Å². The zero-order valence-corrected chi connectivity index (χ0v) is 15.9. The van der Waals surface area contributed by atoms with Crippen LogP contribution in [0.1, 0.15) is 17.0 Å². The molecule has 0 unspecified atom stereocenters. The number of alkyl halides is 3. The van der Waals surface area contributed by atoms with Gasteiger partial charge < -0.3 is 14.8 Å². The van der Waals surface area contributed by atoms with Crippen molar-refractivity contribution >= 4 is 17.0 Å². The number of benzene rings is 2. The lowest BCUT2D eigenvalue weighted by Gasteiger charge is -2.11. The van der Waals surface area contributed by atoms with E-state index in [-0.39, 0.29) is 36.9 Å². The van der Waals surface area contributed by atoms with Crippen LogP contribution < -0.4 is 14.8 Å². The van der Waals surface area contributed by atoms with Crippen LogP contribution in [0.3, 0.4) is 0 Å². The lowest BCUT2D eigenvalue weighted by molar-refractivity contribution is -0.144. The molecule has 1 aliphatic heterocycles. The number of nitrogens with one attached hydrogen (secondary N) is 1. The van der Waals surface area contributed by atoms with Crippen molar-refractivity contribution in [2.24, 2.45) is 0 Å². The van der Waals surface area contributed by atoms with Crippen molar-refractivity contribution in [3.63, 3.8) is 0 Å². The molecule has 0 saturated carbocycles. The van der Waals surface area contributed by atoms with Crippen LogP contribution in [0.15, 0.2) is 48.5 Å². The van der Waals surface area contributed by atoms with E-state index in [1.54, 1.807) is 18.2 Å². The van der Waals surface area contributed by atoms with Gasteiger partial charge in [-0.25, -0.2) is 14.6 Å². The van der Waals surface area contributed by atoms with E-state index in [1.165, 1.54) is 4.68 Å². The van der Waals surface area contributed by atoms with Crippen molar-refractivity contribution in [3.8, 4) is 11.5 Å². The van der Waals surface area contributed by atoms with E-state index >= 15 is 0 Å². The number of aromatic nitrogens is 5. The summed E-state index contributed by atoms with van der Waals surface area (Å²) in [5, 5.41) is 10.9. The Labute approximate surface area is 173 Å². The molecule has 1 N–H and O–H groups in total. The molecule has 2 aromatic carbocycles. The first-order valence-corrected chi connectivity index (χ1v) is 9.32. The Balaban J connectivity index is 1.49. The van der Waals surface area contributed by atoms with Gasteiger partial charge in [-0.1, -0.05) is 41.6 Å². The maximum atomic E-state index is 13.4. The number of nitrogens with zero attached hydrogens (tertiary/aromatic N) is 5. The molecule has 4 aromatic rings. The molecule has 3 heterocycles. The highest BCUT2D eigenvalue weighted by Gasteiger charge is 2.36. The van der Waals surface area contributed by atoms with E-state index in [2.05, 4.69) is 25.6 Å². The van der Waals surface area contributed by atoms with E-state index in [4.69, 9.17) is 9.47 Å². The average molecular weight is 428 g/mol. The van der Waals surface area contributed by atoms with Gasteiger partial charge in [0, 0.05) is 6.54 Å². The highest BCUT2D eigenvalue weighted by atomic mass is 19.4. The van der Waals surface area contributed by atoms with Gasteiger partial charge in [0.15, 0.2) is 28.5 Å². The largest absolute Gasteiger partial charge is 0.454 e. The van der Waals surface area contributed by atoms with Gasteiger partial charge >= 0.3 is 6.18 Å².